The van der Waals surface area contributed by atoms with Gasteiger partial charge in [-0.3, -0.25) is 9.10 Å². The zero-order valence-electron chi connectivity index (χ0n) is 14.3. The van der Waals surface area contributed by atoms with Crippen molar-refractivity contribution in [1.29, 1.82) is 0 Å². The molecule has 0 radical (unpaired) electrons. The third-order valence-corrected chi connectivity index (χ3v) is 5.53. The van der Waals surface area contributed by atoms with Crippen molar-refractivity contribution in [3.63, 3.8) is 0 Å². The molecule has 1 aliphatic rings. The zero-order valence-corrected chi connectivity index (χ0v) is 15.1. The molecule has 0 N–H and O–H groups in total. The number of alkyl halides is 3. The Morgan fingerprint density at radius 2 is 1.85 bits per heavy atom. The van der Waals surface area contributed by atoms with Crippen molar-refractivity contribution in [1.82, 2.24) is 0 Å². The topological polar surface area (TPSA) is 90.0 Å². The van der Waals surface area contributed by atoms with E-state index in [9.17, 15) is 31.2 Å². The van der Waals surface area contributed by atoms with Crippen molar-refractivity contribution < 1.29 is 40.7 Å². The van der Waals surface area contributed by atoms with Crippen molar-refractivity contribution in [3.05, 3.63) is 41.5 Å². The molecule has 1 heterocycles. The molecule has 2 rings (SSSR count). The Hall–Kier alpha value is -2.56. The number of benzene rings is 1. The highest BCUT2D eigenvalue weighted by atomic mass is 32.2. The van der Waals surface area contributed by atoms with Crippen LogP contribution in [-0.2, 0) is 35.5 Å². The number of esters is 2. The Labute approximate surface area is 153 Å². The number of anilines is 1. The average Bonchev–Trinajstić information content (AvgIpc) is 2.60. The number of para-hydroxylation sites is 1. The molecule has 0 aliphatic carbocycles. The fraction of sp³-hybridized carbons (Fsp3) is 0.375. The molecule has 1 aromatic rings. The van der Waals surface area contributed by atoms with Crippen LogP contribution in [0, 0.1) is 0 Å². The molecule has 0 bridgehead atoms. The first-order chi connectivity index (χ1) is 12.5. The smallest absolute Gasteiger partial charge is 0.469 e. The van der Waals surface area contributed by atoms with Gasteiger partial charge in [0.1, 0.15) is 0 Å². The minimum Gasteiger partial charge on any atom is -0.469 e. The lowest BCUT2D eigenvalue weighted by atomic mass is 9.90. The number of hydrogen-bond acceptors (Lipinski definition) is 6. The number of halogens is 3. The summed E-state index contributed by atoms with van der Waals surface area (Å²) in [4.78, 5) is 23.4. The van der Waals surface area contributed by atoms with E-state index in [1.807, 2.05) is 0 Å². The van der Waals surface area contributed by atoms with Gasteiger partial charge in [-0.25, -0.2) is 4.79 Å². The number of hydrogen-bond donors (Lipinski definition) is 0. The van der Waals surface area contributed by atoms with E-state index in [2.05, 4.69) is 9.47 Å². The lowest BCUT2D eigenvalue weighted by molar-refractivity contribution is -0.141. The lowest BCUT2D eigenvalue weighted by Gasteiger charge is -2.39. The Morgan fingerprint density at radius 1 is 1.22 bits per heavy atom. The fourth-order valence-corrected chi connectivity index (χ4v) is 3.96. The number of methoxy groups -OCH3 is 2. The van der Waals surface area contributed by atoms with Gasteiger partial charge in [0.25, 0.3) is 0 Å². The zero-order chi connectivity index (χ0) is 20.4. The number of nitrogens with zero attached hydrogens (tertiary/aromatic N) is 1. The second kappa shape index (κ2) is 7.59. The quantitative estimate of drug-likeness (QED) is 0.560. The molecule has 0 aromatic heterocycles. The predicted molar refractivity (Wildman–Crippen MR) is 88.1 cm³/mol. The van der Waals surface area contributed by atoms with E-state index in [0.717, 1.165) is 20.3 Å². The maximum absolute atomic E-state index is 13.3. The lowest BCUT2D eigenvalue weighted by Crippen LogP contribution is -2.51. The van der Waals surface area contributed by atoms with Crippen LogP contribution in [0.2, 0.25) is 0 Å². The van der Waals surface area contributed by atoms with Gasteiger partial charge in [0, 0.05) is 6.08 Å². The molecule has 0 amide bonds. The van der Waals surface area contributed by atoms with Gasteiger partial charge in [0.2, 0.25) is 0 Å². The highest BCUT2D eigenvalue weighted by molar-refractivity contribution is 7.93. The molecule has 1 atom stereocenters. The van der Waals surface area contributed by atoms with Crippen molar-refractivity contribution in [2.75, 3.05) is 18.5 Å². The molecule has 0 fully saturated rings. The number of ether oxygens (including phenoxy) is 2. The van der Waals surface area contributed by atoms with E-state index in [-0.39, 0.29) is 27.5 Å². The van der Waals surface area contributed by atoms with Crippen molar-refractivity contribution >= 4 is 27.6 Å². The summed E-state index contributed by atoms with van der Waals surface area (Å²) in [5.74, 6) is -1.82. The Balaban J connectivity index is 2.74. The Kier molecular flexibility index (Phi) is 5.83. The normalized spacial score (nSPS) is 18.8. The number of carbonyl (C=O) groups excluding carboxylic acids is 2. The van der Waals surface area contributed by atoms with Crippen LogP contribution in [0.4, 0.5) is 18.9 Å². The van der Waals surface area contributed by atoms with Crippen molar-refractivity contribution in [2.45, 2.75) is 24.4 Å². The molecule has 1 aliphatic heterocycles. The Morgan fingerprint density at radius 3 is 2.41 bits per heavy atom. The molecular weight excluding hydrogens is 391 g/mol. The maximum atomic E-state index is 13.3. The fourth-order valence-electron chi connectivity index (χ4n) is 2.75. The number of sulfonamides is 1. The van der Waals surface area contributed by atoms with Crippen LogP contribution in [0.3, 0.4) is 0 Å². The molecule has 0 saturated carbocycles. The predicted octanol–water partition coefficient (Wildman–Crippen LogP) is 1.93. The summed E-state index contributed by atoms with van der Waals surface area (Å²) in [6, 6.07) is 3.96. The highest BCUT2D eigenvalue weighted by Gasteiger charge is 2.54. The van der Waals surface area contributed by atoms with E-state index in [1.54, 1.807) is 0 Å². The largest absolute Gasteiger partial charge is 0.516 e. The third kappa shape index (κ3) is 4.07. The molecule has 0 saturated heterocycles. The van der Waals surface area contributed by atoms with Gasteiger partial charge in [-0.1, -0.05) is 18.2 Å². The molecule has 148 valence electrons. The van der Waals surface area contributed by atoms with Crippen LogP contribution in [0.15, 0.2) is 35.9 Å². The number of carbonyl (C=O) groups is 2. The molecular formula is C16H16F3NO6S. The van der Waals surface area contributed by atoms with Crippen molar-refractivity contribution in [2.24, 2.45) is 0 Å². The van der Waals surface area contributed by atoms with Crippen LogP contribution in [0.1, 0.15) is 12.0 Å². The van der Waals surface area contributed by atoms with E-state index >= 15 is 0 Å². The molecule has 0 spiro atoms. The standard InChI is InChI=1S/C16H16F3NO6S/c1-25-14(21)8-11-7-10-5-3-4-6-12(10)20(13(11)9-15(22)26-2)27(23,24)16(17,18)19/h3-6,8,13H,7,9H2,1-2H3/b11-8-/t13-/m0/s1. The van der Waals surface area contributed by atoms with Gasteiger partial charge in [0.15, 0.2) is 0 Å². The molecule has 11 heteroatoms. The van der Waals surface area contributed by atoms with Crippen molar-refractivity contribution in [3.8, 4) is 0 Å². The summed E-state index contributed by atoms with van der Waals surface area (Å²) in [6.07, 6.45) is 0.155. The van der Waals surface area contributed by atoms with E-state index < -0.39 is 39.9 Å². The van der Waals surface area contributed by atoms with Gasteiger partial charge >= 0.3 is 27.5 Å². The summed E-state index contributed by atoms with van der Waals surface area (Å²) < 4.78 is 73.5. The molecule has 0 unspecified atom stereocenters. The van der Waals surface area contributed by atoms with E-state index in [4.69, 9.17) is 0 Å². The Bertz CT molecular complexity index is 878. The summed E-state index contributed by atoms with van der Waals surface area (Å²) >= 11 is 0. The van der Waals surface area contributed by atoms with E-state index in [0.29, 0.717) is 0 Å². The second-order valence-electron chi connectivity index (χ2n) is 5.59. The first-order valence-electron chi connectivity index (χ1n) is 7.56. The minimum absolute atomic E-state index is 0.0150. The van der Waals surface area contributed by atoms with Gasteiger partial charge in [-0.05, 0) is 23.6 Å². The minimum atomic E-state index is -5.86. The highest BCUT2D eigenvalue weighted by Crippen LogP contribution is 2.41. The van der Waals surface area contributed by atoms with Crippen LogP contribution in [-0.4, -0.2) is 46.1 Å². The number of fused-ring (bicyclic) bond motifs is 1. The number of rotatable bonds is 4. The van der Waals surface area contributed by atoms with Crippen LogP contribution in [0.25, 0.3) is 0 Å². The monoisotopic (exact) mass is 407 g/mol. The summed E-state index contributed by atoms with van der Waals surface area (Å²) in [6.45, 7) is 0. The van der Waals surface area contributed by atoms with Gasteiger partial charge in [-0.15, -0.1) is 0 Å². The van der Waals surface area contributed by atoms with Gasteiger partial charge < -0.3 is 9.47 Å². The van der Waals surface area contributed by atoms with Gasteiger partial charge in [-0.2, -0.15) is 21.6 Å². The molecule has 27 heavy (non-hydrogen) atoms. The SMILES string of the molecule is COC(=O)/C=C1/Cc2ccccc2N(S(=O)(=O)C(F)(F)F)[C@H]1CC(=O)OC. The van der Waals surface area contributed by atoms with E-state index in [1.165, 1.54) is 24.3 Å². The van der Waals surface area contributed by atoms with Gasteiger partial charge in [0.05, 0.1) is 32.4 Å². The maximum Gasteiger partial charge on any atom is 0.516 e. The first-order valence-corrected chi connectivity index (χ1v) is 9.00. The summed E-state index contributed by atoms with van der Waals surface area (Å²) in [5.41, 5.74) is -5.59. The van der Waals surface area contributed by atoms with Crippen LogP contribution >= 0.6 is 0 Å². The first kappa shape index (κ1) is 20.7. The third-order valence-electron chi connectivity index (χ3n) is 3.98. The van der Waals surface area contributed by atoms with Crippen LogP contribution < -0.4 is 4.31 Å². The molecule has 1 aromatic carbocycles. The average molecular weight is 407 g/mol. The summed E-state index contributed by atoms with van der Waals surface area (Å²) in [7, 11) is -3.77. The molecule has 7 nitrogen and oxygen atoms in total. The van der Waals surface area contributed by atoms with Crippen LogP contribution in [0.5, 0.6) is 0 Å². The summed E-state index contributed by atoms with van der Waals surface area (Å²) in [5, 5.41) is 0. The second-order valence-corrected chi connectivity index (χ2v) is 7.40.